The predicted molar refractivity (Wildman–Crippen MR) is 133 cm³/mol. The Balaban J connectivity index is 1.17. The Hall–Kier alpha value is -2.83. The Bertz CT molecular complexity index is 1420. The molecule has 0 N–H and O–H groups in total. The minimum atomic E-state index is 0.211. The minimum Gasteiger partial charge on any atom is -0.360 e. The molecular weight excluding hydrogens is 469 g/mol. The van der Waals surface area contributed by atoms with Gasteiger partial charge in [-0.1, -0.05) is 40.5 Å². The van der Waals surface area contributed by atoms with Crippen LogP contribution >= 0.6 is 23.2 Å². The van der Waals surface area contributed by atoms with E-state index in [0.29, 0.717) is 16.0 Å². The molecule has 3 aromatic heterocycles. The molecule has 1 spiro atoms. The molecule has 0 bridgehead atoms. The van der Waals surface area contributed by atoms with Crippen molar-refractivity contribution in [3.63, 3.8) is 0 Å². The molecule has 0 radical (unpaired) electrons. The highest BCUT2D eigenvalue weighted by atomic mass is 35.5. The zero-order valence-electron chi connectivity index (χ0n) is 18.5. The van der Waals surface area contributed by atoms with E-state index in [9.17, 15) is 0 Å². The van der Waals surface area contributed by atoms with Gasteiger partial charge in [-0.05, 0) is 67.4 Å². The molecule has 8 heteroatoms. The molecule has 0 amide bonds. The van der Waals surface area contributed by atoms with Crippen LogP contribution in [0.2, 0.25) is 10.0 Å². The lowest BCUT2D eigenvalue weighted by atomic mass is 9.63. The van der Waals surface area contributed by atoms with Crippen LogP contribution in [0.15, 0.2) is 53.3 Å². The Kier molecular flexibility index (Phi) is 4.58. The van der Waals surface area contributed by atoms with Gasteiger partial charge < -0.3 is 9.42 Å². The number of fused-ring (bicyclic) bond motifs is 1. The van der Waals surface area contributed by atoms with Gasteiger partial charge in [0.15, 0.2) is 0 Å². The van der Waals surface area contributed by atoms with Crippen molar-refractivity contribution in [1.29, 1.82) is 0 Å². The monoisotopic (exact) mass is 491 g/mol. The third-order valence-electron chi connectivity index (χ3n) is 7.52. The van der Waals surface area contributed by atoms with Gasteiger partial charge in [-0.15, -0.1) is 5.10 Å². The molecular formula is C26H23Cl2N5O. The molecule has 0 atom stereocenters. The lowest BCUT2D eigenvalue weighted by Gasteiger charge is -2.46. The lowest BCUT2D eigenvalue weighted by Crippen LogP contribution is -2.43. The van der Waals surface area contributed by atoms with E-state index in [1.165, 1.54) is 5.57 Å². The molecule has 0 unspecified atom stereocenters. The molecule has 2 fully saturated rings. The van der Waals surface area contributed by atoms with Gasteiger partial charge in [0.2, 0.25) is 5.95 Å². The van der Waals surface area contributed by atoms with E-state index in [4.69, 9.17) is 27.7 Å². The van der Waals surface area contributed by atoms with E-state index in [0.717, 1.165) is 79.2 Å². The number of piperidine rings is 1. The highest BCUT2D eigenvalue weighted by Gasteiger charge is 2.44. The van der Waals surface area contributed by atoms with E-state index in [1.807, 2.05) is 47.2 Å². The van der Waals surface area contributed by atoms with Gasteiger partial charge in [-0.25, -0.2) is 9.50 Å². The van der Waals surface area contributed by atoms with Gasteiger partial charge in [0.1, 0.15) is 11.5 Å². The third-order valence-corrected chi connectivity index (χ3v) is 8.15. The van der Waals surface area contributed by atoms with Gasteiger partial charge in [-0.2, -0.15) is 0 Å². The van der Waals surface area contributed by atoms with E-state index in [1.54, 1.807) is 0 Å². The van der Waals surface area contributed by atoms with Crippen molar-refractivity contribution >= 4 is 40.2 Å². The lowest BCUT2D eigenvalue weighted by molar-refractivity contribution is 0.275. The third kappa shape index (κ3) is 3.27. The van der Waals surface area contributed by atoms with E-state index >= 15 is 0 Å². The van der Waals surface area contributed by atoms with Gasteiger partial charge in [0, 0.05) is 36.3 Å². The highest BCUT2D eigenvalue weighted by molar-refractivity contribution is 6.39. The summed E-state index contributed by atoms with van der Waals surface area (Å²) >= 11 is 13.1. The van der Waals surface area contributed by atoms with Gasteiger partial charge in [0.05, 0.1) is 21.8 Å². The zero-order valence-corrected chi connectivity index (χ0v) is 20.1. The summed E-state index contributed by atoms with van der Waals surface area (Å²) in [5, 5.41) is 10.3. The fourth-order valence-electron chi connectivity index (χ4n) is 5.46. The maximum Gasteiger partial charge on any atom is 0.243 e. The number of benzene rings is 1. The smallest absolute Gasteiger partial charge is 0.243 e. The van der Waals surface area contributed by atoms with Crippen LogP contribution in [-0.4, -0.2) is 32.8 Å². The Morgan fingerprint density at radius 3 is 2.50 bits per heavy atom. The first kappa shape index (κ1) is 20.5. The number of allylic oxidation sites excluding steroid dienone is 2. The molecule has 172 valence electrons. The molecule has 1 saturated heterocycles. The van der Waals surface area contributed by atoms with E-state index in [2.05, 4.69) is 26.2 Å². The second-order valence-electron chi connectivity index (χ2n) is 9.77. The highest BCUT2D eigenvalue weighted by Crippen LogP contribution is 2.56. The number of hydrogen-bond acceptors (Lipinski definition) is 5. The molecule has 34 heavy (non-hydrogen) atoms. The maximum atomic E-state index is 6.55. The maximum absolute atomic E-state index is 6.55. The van der Waals surface area contributed by atoms with Crippen LogP contribution in [0.5, 0.6) is 0 Å². The second kappa shape index (κ2) is 7.59. The number of hydrogen-bond donors (Lipinski definition) is 0. The molecule has 4 heterocycles. The van der Waals surface area contributed by atoms with Crippen molar-refractivity contribution in [3.05, 3.63) is 70.2 Å². The van der Waals surface area contributed by atoms with Crippen LogP contribution < -0.4 is 4.90 Å². The molecule has 1 saturated carbocycles. The van der Waals surface area contributed by atoms with Crippen molar-refractivity contribution in [2.24, 2.45) is 5.41 Å². The Morgan fingerprint density at radius 2 is 1.76 bits per heavy atom. The molecule has 4 aromatic rings. The molecule has 1 aromatic carbocycles. The Morgan fingerprint density at radius 1 is 1.00 bits per heavy atom. The van der Waals surface area contributed by atoms with Crippen LogP contribution in [0.1, 0.15) is 49.3 Å². The summed E-state index contributed by atoms with van der Waals surface area (Å²) in [5.41, 5.74) is 5.20. The molecule has 1 aliphatic heterocycles. The summed E-state index contributed by atoms with van der Waals surface area (Å²) in [4.78, 5) is 6.87. The van der Waals surface area contributed by atoms with E-state index < -0.39 is 0 Å². The second-order valence-corrected chi connectivity index (χ2v) is 10.6. The summed E-state index contributed by atoms with van der Waals surface area (Å²) in [6.07, 6.45) is 11.8. The first-order valence-corrected chi connectivity index (χ1v) is 12.6. The van der Waals surface area contributed by atoms with Crippen LogP contribution in [0.25, 0.3) is 22.3 Å². The normalized spacial score (nSPS) is 19.5. The number of halogens is 2. The fourth-order valence-corrected chi connectivity index (χ4v) is 6.03. The molecule has 3 aliphatic rings. The topological polar surface area (TPSA) is 59.5 Å². The first-order chi connectivity index (χ1) is 16.6. The van der Waals surface area contributed by atoms with Crippen molar-refractivity contribution in [3.8, 4) is 11.3 Å². The van der Waals surface area contributed by atoms with Crippen molar-refractivity contribution in [2.45, 2.75) is 38.0 Å². The zero-order chi connectivity index (χ0) is 22.9. The van der Waals surface area contributed by atoms with Gasteiger partial charge in [-0.3, -0.25) is 0 Å². The van der Waals surface area contributed by atoms with Gasteiger partial charge in [0.25, 0.3) is 0 Å². The van der Waals surface area contributed by atoms with Crippen LogP contribution in [0.4, 0.5) is 5.95 Å². The average Bonchev–Trinajstić information content (AvgIpc) is 3.40. The first-order valence-electron chi connectivity index (χ1n) is 11.8. The summed E-state index contributed by atoms with van der Waals surface area (Å²) in [6.45, 7) is 1.89. The van der Waals surface area contributed by atoms with Crippen LogP contribution in [0, 0.1) is 5.41 Å². The fraction of sp³-hybridized carbons (Fsp3) is 0.346. The molecule has 2 aliphatic carbocycles. The molecule has 6 nitrogen and oxygen atoms in total. The van der Waals surface area contributed by atoms with Crippen LogP contribution in [-0.2, 0) is 0 Å². The summed E-state index contributed by atoms with van der Waals surface area (Å²) in [6, 6.07) is 9.58. The van der Waals surface area contributed by atoms with Crippen molar-refractivity contribution in [2.75, 3.05) is 18.0 Å². The van der Waals surface area contributed by atoms with E-state index in [-0.39, 0.29) is 5.41 Å². The Labute approximate surface area is 207 Å². The van der Waals surface area contributed by atoms with Crippen molar-refractivity contribution < 1.29 is 4.52 Å². The summed E-state index contributed by atoms with van der Waals surface area (Å²) in [5.74, 6) is 2.25. The average molecular weight is 492 g/mol. The quantitative estimate of drug-likeness (QED) is 0.320. The predicted octanol–water partition coefficient (Wildman–Crippen LogP) is 6.64. The standard InChI is InChI=1S/C26H23Cl2N5O/c27-19-4-1-5-20(28)22(19)23-21(24(34-31-23)16-6-7-16)17-13-26(14-17)8-11-32(12-9-26)25-29-15-18-3-2-10-33(18)30-25/h1-5,10,13,15-16H,6-9,11-12,14H2. The number of anilines is 1. The molecule has 7 rings (SSSR count). The summed E-state index contributed by atoms with van der Waals surface area (Å²) in [7, 11) is 0. The van der Waals surface area contributed by atoms with Crippen LogP contribution in [0.3, 0.4) is 0 Å². The SMILES string of the molecule is Clc1cccc(Cl)c1-c1noc(C2CC2)c1C1=CC2(CCN(c3ncc4cccn4n3)CC2)C1. The van der Waals surface area contributed by atoms with Gasteiger partial charge >= 0.3 is 0 Å². The van der Waals surface area contributed by atoms with Crippen molar-refractivity contribution in [1.82, 2.24) is 19.8 Å². The summed E-state index contributed by atoms with van der Waals surface area (Å²) < 4.78 is 7.77. The number of aromatic nitrogens is 4. The number of rotatable bonds is 4. The largest absolute Gasteiger partial charge is 0.360 e. The number of nitrogens with zero attached hydrogens (tertiary/aromatic N) is 5. The minimum absolute atomic E-state index is 0.211.